The van der Waals surface area contributed by atoms with Gasteiger partial charge in [0.2, 0.25) is 0 Å². The minimum Gasteiger partial charge on any atom is -0.0980 e. The Bertz CT molecular complexity index is 186. The van der Waals surface area contributed by atoms with Gasteiger partial charge in [-0.05, 0) is 36.2 Å². The molecule has 1 heteroatoms. The minimum atomic E-state index is 0.176. The molecule has 1 heterocycles. The third-order valence-electron chi connectivity index (χ3n) is 4.48. The molecule has 0 aromatic heterocycles. The highest BCUT2D eigenvalue weighted by atomic mass is 31.1. The molecule has 1 aliphatic rings. The summed E-state index contributed by atoms with van der Waals surface area (Å²) >= 11 is 0. The van der Waals surface area contributed by atoms with E-state index in [1.807, 2.05) is 0 Å². The van der Waals surface area contributed by atoms with Crippen molar-refractivity contribution < 1.29 is 0 Å². The van der Waals surface area contributed by atoms with E-state index in [1.165, 1.54) is 38.5 Å². The zero-order valence-corrected chi connectivity index (χ0v) is 11.6. The fourth-order valence-electron chi connectivity index (χ4n) is 2.72. The SMILES string of the molecule is CCC1(C)CCCCCC(C)(C)P1C. The molecule has 84 valence electrons. The molecule has 0 bridgehead atoms. The van der Waals surface area contributed by atoms with E-state index in [0.29, 0.717) is 10.3 Å². The Balaban J connectivity index is 2.83. The monoisotopic (exact) mass is 214 g/mol. The maximum atomic E-state index is 2.55. The van der Waals surface area contributed by atoms with Crippen molar-refractivity contribution in [2.75, 3.05) is 6.66 Å². The molecule has 0 spiro atoms. The number of rotatable bonds is 1. The molecule has 0 N–H and O–H groups in total. The Morgan fingerprint density at radius 2 is 1.57 bits per heavy atom. The Kier molecular flexibility index (Phi) is 4.03. The molecule has 0 aromatic carbocycles. The second kappa shape index (κ2) is 4.52. The van der Waals surface area contributed by atoms with Gasteiger partial charge in [-0.1, -0.05) is 54.9 Å². The van der Waals surface area contributed by atoms with Gasteiger partial charge in [-0.2, -0.15) is 0 Å². The van der Waals surface area contributed by atoms with Crippen LogP contribution in [0.4, 0.5) is 0 Å². The van der Waals surface area contributed by atoms with Gasteiger partial charge in [0.05, 0.1) is 0 Å². The summed E-state index contributed by atoms with van der Waals surface area (Å²) in [6.07, 6.45) is 8.67. The average Bonchev–Trinajstić information content (AvgIpc) is 2.14. The van der Waals surface area contributed by atoms with Crippen molar-refractivity contribution in [1.29, 1.82) is 0 Å². The van der Waals surface area contributed by atoms with Crippen LogP contribution in [0, 0.1) is 0 Å². The van der Waals surface area contributed by atoms with Crippen molar-refractivity contribution in [2.45, 2.75) is 76.5 Å². The molecule has 0 saturated carbocycles. The molecule has 2 atom stereocenters. The van der Waals surface area contributed by atoms with Crippen molar-refractivity contribution in [1.82, 2.24) is 0 Å². The van der Waals surface area contributed by atoms with Crippen molar-refractivity contribution in [2.24, 2.45) is 0 Å². The molecule has 1 aliphatic heterocycles. The first-order valence-corrected chi connectivity index (χ1v) is 7.95. The van der Waals surface area contributed by atoms with Crippen LogP contribution in [0.3, 0.4) is 0 Å². The van der Waals surface area contributed by atoms with E-state index >= 15 is 0 Å². The van der Waals surface area contributed by atoms with Crippen LogP contribution < -0.4 is 0 Å². The third-order valence-corrected chi connectivity index (χ3v) is 8.68. The standard InChI is InChI=1S/C13H27P/c1-6-13(4)11-9-7-8-10-12(2,3)14(13)5/h6-11H2,1-5H3. The van der Waals surface area contributed by atoms with E-state index in [9.17, 15) is 0 Å². The van der Waals surface area contributed by atoms with Gasteiger partial charge in [0, 0.05) is 0 Å². The first kappa shape index (κ1) is 12.5. The van der Waals surface area contributed by atoms with Gasteiger partial charge < -0.3 is 0 Å². The second-order valence-corrected chi connectivity index (χ2v) is 9.19. The van der Waals surface area contributed by atoms with E-state index in [-0.39, 0.29) is 7.92 Å². The van der Waals surface area contributed by atoms with E-state index in [1.54, 1.807) is 0 Å². The van der Waals surface area contributed by atoms with Crippen LogP contribution in [0.15, 0.2) is 0 Å². The average molecular weight is 214 g/mol. The molecule has 0 nitrogen and oxygen atoms in total. The highest BCUT2D eigenvalue weighted by Gasteiger charge is 2.39. The molecule has 2 unspecified atom stereocenters. The molecule has 0 amide bonds. The molecular weight excluding hydrogens is 187 g/mol. The van der Waals surface area contributed by atoms with Crippen LogP contribution in [0.2, 0.25) is 0 Å². The van der Waals surface area contributed by atoms with Gasteiger partial charge in [0.1, 0.15) is 0 Å². The zero-order valence-electron chi connectivity index (χ0n) is 10.7. The van der Waals surface area contributed by atoms with E-state index in [0.717, 1.165) is 0 Å². The summed E-state index contributed by atoms with van der Waals surface area (Å²) in [7, 11) is 0.176. The second-order valence-electron chi connectivity index (χ2n) is 5.78. The molecule has 14 heavy (non-hydrogen) atoms. The summed E-state index contributed by atoms with van der Waals surface area (Å²) in [5, 5.41) is 1.26. The van der Waals surface area contributed by atoms with Crippen LogP contribution >= 0.6 is 7.92 Å². The van der Waals surface area contributed by atoms with E-state index in [2.05, 4.69) is 34.4 Å². The smallest absolute Gasteiger partial charge is 0.0123 e. The van der Waals surface area contributed by atoms with Crippen LogP contribution in [0.25, 0.3) is 0 Å². The minimum absolute atomic E-state index is 0.176. The van der Waals surface area contributed by atoms with Gasteiger partial charge in [-0.25, -0.2) is 0 Å². The van der Waals surface area contributed by atoms with E-state index in [4.69, 9.17) is 0 Å². The van der Waals surface area contributed by atoms with Crippen molar-refractivity contribution in [3.63, 3.8) is 0 Å². The van der Waals surface area contributed by atoms with Crippen molar-refractivity contribution in [3.05, 3.63) is 0 Å². The molecule has 0 aliphatic carbocycles. The number of hydrogen-bond acceptors (Lipinski definition) is 0. The predicted molar refractivity (Wildman–Crippen MR) is 68.7 cm³/mol. The molecular formula is C13H27P. The lowest BCUT2D eigenvalue weighted by atomic mass is 9.96. The lowest BCUT2D eigenvalue weighted by molar-refractivity contribution is 0.452. The third kappa shape index (κ3) is 2.51. The largest absolute Gasteiger partial charge is 0.0980 e. The maximum absolute atomic E-state index is 2.55. The van der Waals surface area contributed by atoms with E-state index < -0.39 is 0 Å². The summed E-state index contributed by atoms with van der Waals surface area (Å²) in [5.41, 5.74) is 0. The normalized spacial score (nSPS) is 38.8. The first-order chi connectivity index (χ1) is 6.42. The summed E-state index contributed by atoms with van der Waals surface area (Å²) in [5.74, 6) is 0. The summed E-state index contributed by atoms with van der Waals surface area (Å²) in [6.45, 7) is 12.5. The van der Waals surface area contributed by atoms with Crippen LogP contribution in [-0.2, 0) is 0 Å². The maximum Gasteiger partial charge on any atom is -0.0123 e. The number of hydrogen-bond donors (Lipinski definition) is 0. The van der Waals surface area contributed by atoms with Gasteiger partial charge in [-0.3, -0.25) is 0 Å². The predicted octanol–water partition coefficient (Wildman–Crippen LogP) is 5.01. The summed E-state index contributed by atoms with van der Waals surface area (Å²) in [6, 6.07) is 0. The quantitative estimate of drug-likeness (QED) is 0.538. The van der Waals surface area contributed by atoms with Crippen LogP contribution in [-0.4, -0.2) is 17.0 Å². The lowest BCUT2D eigenvalue weighted by Gasteiger charge is -2.47. The Hall–Kier alpha value is 0.430. The molecule has 1 fully saturated rings. The van der Waals surface area contributed by atoms with Gasteiger partial charge in [0.25, 0.3) is 0 Å². The molecule has 0 radical (unpaired) electrons. The Morgan fingerprint density at radius 1 is 1.00 bits per heavy atom. The topological polar surface area (TPSA) is 0 Å². The fourth-order valence-corrected chi connectivity index (χ4v) is 5.64. The Labute approximate surface area is 91.6 Å². The fraction of sp³-hybridized carbons (Fsp3) is 1.00. The van der Waals surface area contributed by atoms with Gasteiger partial charge in [0.15, 0.2) is 0 Å². The van der Waals surface area contributed by atoms with Crippen LogP contribution in [0.1, 0.15) is 66.2 Å². The van der Waals surface area contributed by atoms with Gasteiger partial charge >= 0.3 is 0 Å². The highest BCUT2D eigenvalue weighted by molar-refractivity contribution is 7.60. The van der Waals surface area contributed by atoms with Gasteiger partial charge in [-0.15, -0.1) is 0 Å². The molecule has 1 saturated heterocycles. The molecule has 0 aromatic rings. The Morgan fingerprint density at radius 3 is 2.14 bits per heavy atom. The van der Waals surface area contributed by atoms with Crippen LogP contribution in [0.5, 0.6) is 0 Å². The van der Waals surface area contributed by atoms with Crippen molar-refractivity contribution >= 4 is 7.92 Å². The summed E-state index contributed by atoms with van der Waals surface area (Å²) in [4.78, 5) is 0. The highest BCUT2D eigenvalue weighted by Crippen LogP contribution is 2.62. The lowest BCUT2D eigenvalue weighted by Crippen LogP contribution is -2.33. The summed E-state index contributed by atoms with van der Waals surface area (Å²) < 4.78 is 0. The van der Waals surface area contributed by atoms with Crippen molar-refractivity contribution in [3.8, 4) is 0 Å². The zero-order chi connectivity index (χ0) is 10.8. The first-order valence-electron chi connectivity index (χ1n) is 6.16. The molecule has 1 rings (SSSR count).